The van der Waals surface area contributed by atoms with Gasteiger partial charge >= 0.3 is 0 Å². The van der Waals surface area contributed by atoms with Crippen LogP contribution in [-0.2, 0) is 4.79 Å². The van der Waals surface area contributed by atoms with E-state index in [1.165, 1.54) is 0 Å². The molecule has 1 aromatic rings. The molecule has 0 heterocycles. The monoisotopic (exact) mass is 342 g/mol. The molecule has 0 unspecified atom stereocenters. The van der Waals surface area contributed by atoms with E-state index in [0.29, 0.717) is 6.54 Å². The molecule has 0 fully saturated rings. The Kier molecular flexibility index (Phi) is 6.49. The first-order chi connectivity index (χ1) is 9.35. The summed E-state index contributed by atoms with van der Waals surface area (Å²) in [6, 6.07) is 5.89. The van der Waals surface area contributed by atoms with Crippen LogP contribution >= 0.6 is 15.9 Å². The number of amides is 1. The Morgan fingerprint density at radius 2 is 2.05 bits per heavy atom. The maximum atomic E-state index is 11.9. The highest BCUT2D eigenvalue weighted by atomic mass is 79.9. The standard InChI is InChI=1S/C15H23BrN2O2/c1-5-18(9-15(20)17-10(2)3)12-6-7-13(11(4)19)14(16)8-12/h6-8,10-11,19H,5,9H2,1-4H3,(H,17,20)/t11-/m0/s1. The van der Waals surface area contributed by atoms with Crippen LogP contribution in [0.2, 0.25) is 0 Å². The van der Waals surface area contributed by atoms with Gasteiger partial charge in [-0.25, -0.2) is 0 Å². The first-order valence-corrected chi connectivity index (χ1v) is 7.66. The highest BCUT2D eigenvalue weighted by Crippen LogP contribution is 2.28. The molecule has 0 aromatic heterocycles. The fraction of sp³-hybridized carbons (Fsp3) is 0.533. The minimum absolute atomic E-state index is 0.0116. The lowest BCUT2D eigenvalue weighted by Crippen LogP contribution is -2.40. The lowest BCUT2D eigenvalue weighted by Gasteiger charge is -2.24. The van der Waals surface area contributed by atoms with Gasteiger partial charge in [0.2, 0.25) is 5.91 Å². The summed E-state index contributed by atoms with van der Waals surface area (Å²) in [5.74, 6) is 0.0116. The number of benzene rings is 1. The van der Waals surface area contributed by atoms with E-state index in [1.807, 2.05) is 43.9 Å². The van der Waals surface area contributed by atoms with E-state index in [-0.39, 0.29) is 11.9 Å². The van der Waals surface area contributed by atoms with Crippen molar-refractivity contribution in [3.05, 3.63) is 28.2 Å². The minimum atomic E-state index is -0.516. The van der Waals surface area contributed by atoms with Crippen molar-refractivity contribution in [3.8, 4) is 0 Å². The molecule has 0 aliphatic rings. The Balaban J connectivity index is 2.85. The second-order valence-electron chi connectivity index (χ2n) is 5.12. The number of nitrogens with one attached hydrogen (secondary N) is 1. The van der Waals surface area contributed by atoms with Crippen LogP contribution in [0.3, 0.4) is 0 Å². The largest absolute Gasteiger partial charge is 0.389 e. The highest BCUT2D eigenvalue weighted by molar-refractivity contribution is 9.10. The second kappa shape index (κ2) is 7.64. The zero-order chi connectivity index (χ0) is 15.3. The van der Waals surface area contributed by atoms with Crippen molar-refractivity contribution >= 4 is 27.5 Å². The van der Waals surface area contributed by atoms with Gasteiger partial charge in [0.1, 0.15) is 0 Å². The molecule has 1 amide bonds. The average molecular weight is 343 g/mol. The van der Waals surface area contributed by atoms with Gasteiger partial charge in [-0.3, -0.25) is 4.79 Å². The predicted octanol–water partition coefficient (Wildman–Crippen LogP) is 2.85. The lowest BCUT2D eigenvalue weighted by molar-refractivity contribution is -0.120. The van der Waals surface area contributed by atoms with Gasteiger partial charge in [-0.2, -0.15) is 0 Å². The normalized spacial score (nSPS) is 12.3. The van der Waals surface area contributed by atoms with Crippen LogP contribution in [0.1, 0.15) is 39.4 Å². The van der Waals surface area contributed by atoms with Crippen LogP contribution in [0.5, 0.6) is 0 Å². The van der Waals surface area contributed by atoms with Crippen LogP contribution in [0.4, 0.5) is 5.69 Å². The van der Waals surface area contributed by atoms with Gasteiger partial charge in [0.05, 0.1) is 12.6 Å². The Labute approximate surface area is 129 Å². The number of hydrogen-bond donors (Lipinski definition) is 2. The molecular weight excluding hydrogens is 320 g/mol. The minimum Gasteiger partial charge on any atom is -0.389 e. The summed E-state index contributed by atoms with van der Waals surface area (Å²) in [6.45, 7) is 8.71. The molecule has 112 valence electrons. The van der Waals surface area contributed by atoms with E-state index in [2.05, 4.69) is 21.2 Å². The number of likely N-dealkylation sites (N-methyl/N-ethyl adjacent to an activating group) is 1. The smallest absolute Gasteiger partial charge is 0.239 e. The first kappa shape index (κ1) is 17.0. The van der Waals surface area contributed by atoms with Crippen molar-refractivity contribution in [2.24, 2.45) is 0 Å². The summed E-state index contributed by atoms with van der Waals surface area (Å²) in [5, 5.41) is 12.5. The van der Waals surface area contributed by atoms with Crippen molar-refractivity contribution in [2.45, 2.75) is 39.8 Å². The van der Waals surface area contributed by atoms with Crippen LogP contribution in [0.25, 0.3) is 0 Å². The van der Waals surface area contributed by atoms with E-state index in [4.69, 9.17) is 0 Å². The van der Waals surface area contributed by atoms with Gasteiger partial charge in [-0.1, -0.05) is 22.0 Å². The van der Waals surface area contributed by atoms with Crippen LogP contribution < -0.4 is 10.2 Å². The fourth-order valence-electron chi connectivity index (χ4n) is 1.98. The molecule has 0 aliphatic heterocycles. The Morgan fingerprint density at radius 3 is 2.50 bits per heavy atom. The van der Waals surface area contributed by atoms with E-state index < -0.39 is 6.10 Å². The van der Waals surface area contributed by atoms with Gasteiger partial charge in [0.25, 0.3) is 0 Å². The third kappa shape index (κ3) is 4.80. The topological polar surface area (TPSA) is 52.6 Å². The molecule has 0 bridgehead atoms. The van der Waals surface area contributed by atoms with E-state index in [0.717, 1.165) is 22.3 Å². The molecule has 0 saturated heterocycles. The van der Waals surface area contributed by atoms with Gasteiger partial charge in [-0.15, -0.1) is 0 Å². The summed E-state index contributed by atoms with van der Waals surface area (Å²) < 4.78 is 0.854. The summed E-state index contributed by atoms with van der Waals surface area (Å²) in [6.07, 6.45) is -0.516. The summed E-state index contributed by atoms with van der Waals surface area (Å²) in [4.78, 5) is 13.8. The number of anilines is 1. The van der Waals surface area contributed by atoms with Crippen LogP contribution in [-0.4, -0.2) is 30.1 Å². The second-order valence-corrected chi connectivity index (χ2v) is 5.97. The molecule has 0 spiro atoms. The van der Waals surface area contributed by atoms with Gasteiger partial charge < -0.3 is 15.3 Å². The number of halogens is 1. The predicted molar refractivity (Wildman–Crippen MR) is 85.9 cm³/mol. The molecule has 1 rings (SSSR count). The molecule has 0 aliphatic carbocycles. The van der Waals surface area contributed by atoms with E-state index >= 15 is 0 Å². The molecule has 20 heavy (non-hydrogen) atoms. The Bertz CT molecular complexity index is 461. The number of hydrogen-bond acceptors (Lipinski definition) is 3. The Morgan fingerprint density at radius 1 is 1.40 bits per heavy atom. The molecule has 5 heteroatoms. The zero-order valence-corrected chi connectivity index (χ0v) is 14.1. The third-order valence-corrected chi connectivity index (χ3v) is 3.65. The lowest BCUT2D eigenvalue weighted by atomic mass is 10.1. The van der Waals surface area contributed by atoms with Gasteiger partial charge in [0.15, 0.2) is 0 Å². The maximum absolute atomic E-state index is 11.9. The number of rotatable bonds is 6. The van der Waals surface area contributed by atoms with Gasteiger partial charge in [-0.05, 0) is 45.4 Å². The van der Waals surface area contributed by atoms with Crippen molar-refractivity contribution in [1.82, 2.24) is 5.32 Å². The van der Waals surface area contributed by atoms with Crippen molar-refractivity contribution < 1.29 is 9.90 Å². The molecule has 4 nitrogen and oxygen atoms in total. The van der Waals surface area contributed by atoms with Crippen molar-refractivity contribution in [1.29, 1.82) is 0 Å². The van der Waals surface area contributed by atoms with E-state index in [9.17, 15) is 9.90 Å². The number of aliphatic hydroxyl groups is 1. The molecule has 0 saturated carbocycles. The van der Waals surface area contributed by atoms with Gasteiger partial charge in [0, 0.05) is 22.7 Å². The highest BCUT2D eigenvalue weighted by Gasteiger charge is 2.13. The van der Waals surface area contributed by atoms with Crippen molar-refractivity contribution in [2.75, 3.05) is 18.0 Å². The number of aliphatic hydroxyl groups excluding tert-OH is 1. The average Bonchev–Trinajstić information content (AvgIpc) is 2.34. The summed E-state index contributed by atoms with van der Waals surface area (Å²) >= 11 is 3.46. The fourth-order valence-corrected chi connectivity index (χ4v) is 2.68. The van der Waals surface area contributed by atoms with Crippen LogP contribution in [0, 0.1) is 0 Å². The van der Waals surface area contributed by atoms with Crippen molar-refractivity contribution in [3.63, 3.8) is 0 Å². The molecule has 0 radical (unpaired) electrons. The molecule has 1 atom stereocenters. The number of carbonyl (C=O) groups is 1. The Hall–Kier alpha value is -1.07. The molecular formula is C15H23BrN2O2. The number of nitrogens with zero attached hydrogens (tertiary/aromatic N) is 1. The number of carbonyl (C=O) groups excluding carboxylic acids is 1. The maximum Gasteiger partial charge on any atom is 0.239 e. The van der Waals surface area contributed by atoms with E-state index in [1.54, 1.807) is 6.92 Å². The first-order valence-electron chi connectivity index (χ1n) is 6.87. The van der Waals surface area contributed by atoms with Crippen LogP contribution in [0.15, 0.2) is 22.7 Å². The summed E-state index contributed by atoms with van der Waals surface area (Å²) in [7, 11) is 0. The molecule has 1 aromatic carbocycles. The SMILES string of the molecule is CCN(CC(=O)NC(C)C)c1ccc([C@H](C)O)c(Br)c1. The quantitative estimate of drug-likeness (QED) is 0.835. The molecule has 2 N–H and O–H groups in total. The summed E-state index contributed by atoms with van der Waals surface area (Å²) in [5.41, 5.74) is 1.80. The third-order valence-electron chi connectivity index (χ3n) is 2.97. The zero-order valence-electron chi connectivity index (χ0n) is 12.5.